The Morgan fingerprint density at radius 1 is 1.44 bits per heavy atom. The van der Waals surface area contributed by atoms with E-state index in [1.165, 1.54) is 30.2 Å². The maximum atomic E-state index is 13.0. The van der Waals surface area contributed by atoms with Gasteiger partial charge in [0.1, 0.15) is 15.7 Å². The third-order valence-corrected chi connectivity index (χ3v) is 4.63. The minimum absolute atomic E-state index is 0.105. The smallest absolute Gasteiger partial charge is 0.147 e. The van der Waals surface area contributed by atoms with Gasteiger partial charge < -0.3 is 5.32 Å². The standard InChI is InChI=1S/C12H18FNO2S2/c1-14-11(6-7-18(2,15)16)9-17-12-5-3-4-10(13)8-12/h3-5,8,11,14H,6-7,9H2,1-2H3. The van der Waals surface area contributed by atoms with Gasteiger partial charge in [0, 0.05) is 22.9 Å². The van der Waals surface area contributed by atoms with Crippen LogP contribution in [0.4, 0.5) is 4.39 Å². The molecule has 3 nitrogen and oxygen atoms in total. The molecule has 18 heavy (non-hydrogen) atoms. The molecule has 6 heteroatoms. The quantitative estimate of drug-likeness (QED) is 0.780. The van der Waals surface area contributed by atoms with Gasteiger partial charge in [0.15, 0.2) is 0 Å². The Bertz CT molecular complexity index is 477. The van der Waals surface area contributed by atoms with Gasteiger partial charge >= 0.3 is 0 Å². The number of hydrogen-bond acceptors (Lipinski definition) is 4. The highest BCUT2D eigenvalue weighted by Crippen LogP contribution is 2.20. The first-order valence-corrected chi connectivity index (χ1v) is 8.68. The summed E-state index contributed by atoms with van der Waals surface area (Å²) >= 11 is 1.52. The summed E-state index contributed by atoms with van der Waals surface area (Å²) in [5.74, 6) is 0.634. The van der Waals surface area contributed by atoms with Gasteiger partial charge in [-0.25, -0.2) is 12.8 Å². The van der Waals surface area contributed by atoms with Crippen molar-refractivity contribution in [3.05, 3.63) is 30.1 Å². The summed E-state index contributed by atoms with van der Waals surface area (Å²) in [5, 5.41) is 3.08. The van der Waals surface area contributed by atoms with E-state index in [1.54, 1.807) is 13.1 Å². The van der Waals surface area contributed by atoms with Crippen molar-refractivity contribution >= 4 is 21.6 Å². The first kappa shape index (κ1) is 15.5. The van der Waals surface area contributed by atoms with Crippen LogP contribution < -0.4 is 5.32 Å². The van der Waals surface area contributed by atoms with Gasteiger partial charge in [0.05, 0.1) is 5.75 Å². The molecule has 0 spiro atoms. The van der Waals surface area contributed by atoms with E-state index >= 15 is 0 Å². The number of rotatable bonds is 7. The van der Waals surface area contributed by atoms with Gasteiger partial charge in [-0.05, 0) is 31.7 Å². The Balaban J connectivity index is 2.44. The molecule has 0 aliphatic heterocycles. The summed E-state index contributed by atoms with van der Waals surface area (Å²) < 4.78 is 35.1. The monoisotopic (exact) mass is 291 g/mol. The van der Waals surface area contributed by atoms with Crippen LogP contribution in [0.15, 0.2) is 29.2 Å². The van der Waals surface area contributed by atoms with E-state index in [2.05, 4.69) is 5.32 Å². The molecule has 0 radical (unpaired) electrons. The third-order valence-electron chi connectivity index (χ3n) is 2.49. The van der Waals surface area contributed by atoms with Crippen LogP contribution >= 0.6 is 11.8 Å². The molecule has 0 aromatic heterocycles. The highest BCUT2D eigenvalue weighted by atomic mass is 32.2. The number of sulfone groups is 1. The van der Waals surface area contributed by atoms with E-state index < -0.39 is 9.84 Å². The van der Waals surface area contributed by atoms with Crippen LogP contribution in [0, 0.1) is 5.82 Å². The number of benzene rings is 1. The molecule has 1 N–H and O–H groups in total. The fourth-order valence-corrected chi connectivity index (χ4v) is 3.23. The summed E-state index contributed by atoms with van der Waals surface area (Å²) in [7, 11) is -1.12. The Hall–Kier alpha value is -0.590. The molecule has 0 amide bonds. The molecule has 0 saturated carbocycles. The van der Waals surface area contributed by atoms with Crippen LogP contribution in [-0.4, -0.2) is 39.3 Å². The van der Waals surface area contributed by atoms with Crippen LogP contribution in [0.3, 0.4) is 0 Å². The van der Waals surface area contributed by atoms with E-state index in [-0.39, 0.29) is 17.6 Å². The highest BCUT2D eigenvalue weighted by molar-refractivity contribution is 7.99. The van der Waals surface area contributed by atoms with Crippen molar-refractivity contribution in [3.63, 3.8) is 0 Å². The van der Waals surface area contributed by atoms with E-state index in [1.807, 2.05) is 6.07 Å². The molecule has 1 aromatic carbocycles. The van der Waals surface area contributed by atoms with Crippen LogP contribution in [0.1, 0.15) is 6.42 Å². The van der Waals surface area contributed by atoms with Crippen LogP contribution in [0.25, 0.3) is 0 Å². The predicted octanol–water partition coefficient (Wildman–Crippen LogP) is 1.94. The van der Waals surface area contributed by atoms with Crippen molar-refractivity contribution in [3.8, 4) is 0 Å². The zero-order chi connectivity index (χ0) is 13.6. The number of nitrogens with one attached hydrogen (secondary N) is 1. The fraction of sp³-hybridized carbons (Fsp3) is 0.500. The normalized spacial score (nSPS) is 13.5. The fourth-order valence-electron chi connectivity index (χ4n) is 1.42. The minimum Gasteiger partial charge on any atom is -0.316 e. The molecule has 0 heterocycles. The molecule has 0 bridgehead atoms. The SMILES string of the molecule is CNC(CCS(C)(=O)=O)CSc1cccc(F)c1. The van der Waals surface area contributed by atoms with Crippen molar-refractivity contribution < 1.29 is 12.8 Å². The molecule has 0 fully saturated rings. The van der Waals surface area contributed by atoms with E-state index in [0.29, 0.717) is 6.42 Å². The molecule has 0 aliphatic rings. The maximum absolute atomic E-state index is 13.0. The predicted molar refractivity (Wildman–Crippen MR) is 74.3 cm³/mol. The van der Waals surface area contributed by atoms with Gasteiger partial charge in [0.2, 0.25) is 0 Å². The number of thioether (sulfide) groups is 1. The summed E-state index contributed by atoms with van der Waals surface area (Å²) in [5.41, 5.74) is 0. The molecule has 1 aromatic rings. The van der Waals surface area contributed by atoms with Gasteiger partial charge in [-0.15, -0.1) is 11.8 Å². The van der Waals surface area contributed by atoms with Crippen molar-refractivity contribution in [2.24, 2.45) is 0 Å². The van der Waals surface area contributed by atoms with Gasteiger partial charge in [-0.2, -0.15) is 0 Å². The molecular weight excluding hydrogens is 273 g/mol. The van der Waals surface area contributed by atoms with Crippen molar-refractivity contribution in [2.75, 3.05) is 24.8 Å². The molecule has 1 atom stereocenters. The summed E-state index contributed by atoms with van der Waals surface area (Å²) in [6.07, 6.45) is 1.80. The largest absolute Gasteiger partial charge is 0.316 e. The molecule has 0 aliphatic carbocycles. The average Bonchev–Trinajstić information content (AvgIpc) is 2.28. The van der Waals surface area contributed by atoms with Crippen LogP contribution in [0.2, 0.25) is 0 Å². The molecule has 1 unspecified atom stereocenters. The van der Waals surface area contributed by atoms with E-state index in [0.717, 1.165) is 10.6 Å². The second kappa shape index (κ2) is 7.11. The first-order valence-electron chi connectivity index (χ1n) is 5.64. The Kier molecular flexibility index (Phi) is 6.11. The summed E-state index contributed by atoms with van der Waals surface area (Å²) in [6.45, 7) is 0. The zero-order valence-electron chi connectivity index (χ0n) is 10.5. The Labute approximate surface area is 112 Å². The van der Waals surface area contributed by atoms with Crippen molar-refractivity contribution in [2.45, 2.75) is 17.4 Å². The first-order chi connectivity index (χ1) is 8.40. The molecule has 102 valence electrons. The van der Waals surface area contributed by atoms with Crippen molar-refractivity contribution in [1.29, 1.82) is 0 Å². The topological polar surface area (TPSA) is 46.2 Å². The summed E-state index contributed by atoms with van der Waals surface area (Å²) in [4.78, 5) is 0.856. The number of hydrogen-bond donors (Lipinski definition) is 1. The van der Waals surface area contributed by atoms with Gasteiger partial charge in [-0.3, -0.25) is 0 Å². The zero-order valence-corrected chi connectivity index (χ0v) is 12.2. The lowest BCUT2D eigenvalue weighted by atomic mass is 10.3. The second-order valence-corrected chi connectivity index (χ2v) is 7.53. The number of halogens is 1. The minimum atomic E-state index is -2.93. The lowest BCUT2D eigenvalue weighted by Crippen LogP contribution is -2.30. The van der Waals surface area contributed by atoms with Gasteiger partial charge in [-0.1, -0.05) is 6.07 Å². The lowest BCUT2D eigenvalue weighted by Gasteiger charge is -2.15. The van der Waals surface area contributed by atoms with Crippen molar-refractivity contribution in [1.82, 2.24) is 5.32 Å². The molecule has 1 rings (SSSR count). The van der Waals surface area contributed by atoms with Gasteiger partial charge in [0.25, 0.3) is 0 Å². The third kappa shape index (κ3) is 6.37. The molecular formula is C12H18FNO2S2. The lowest BCUT2D eigenvalue weighted by molar-refractivity contribution is 0.573. The van der Waals surface area contributed by atoms with E-state index in [4.69, 9.17) is 0 Å². The highest BCUT2D eigenvalue weighted by Gasteiger charge is 2.11. The summed E-state index contributed by atoms with van der Waals surface area (Å²) in [6, 6.07) is 6.50. The maximum Gasteiger partial charge on any atom is 0.147 e. The van der Waals surface area contributed by atoms with Crippen LogP contribution in [0.5, 0.6) is 0 Å². The molecule has 0 saturated heterocycles. The second-order valence-electron chi connectivity index (χ2n) is 4.17. The van der Waals surface area contributed by atoms with Crippen LogP contribution in [-0.2, 0) is 9.84 Å². The Morgan fingerprint density at radius 3 is 2.72 bits per heavy atom. The van der Waals surface area contributed by atoms with E-state index in [9.17, 15) is 12.8 Å². The Morgan fingerprint density at radius 2 is 2.17 bits per heavy atom. The average molecular weight is 291 g/mol.